The molecule has 42 heteroatoms. The van der Waals surface area contributed by atoms with Crippen molar-refractivity contribution in [3.8, 4) is 0 Å². The van der Waals surface area contributed by atoms with E-state index in [-0.39, 0.29) is 203 Å². The summed E-state index contributed by atoms with van der Waals surface area (Å²) >= 11 is 0. The first-order valence-corrected chi connectivity index (χ1v) is 17.6. The topological polar surface area (TPSA) is 515 Å². The molecule has 1 rings (SSSR count). The first kappa shape index (κ1) is 77.0. The summed E-state index contributed by atoms with van der Waals surface area (Å²) in [5.41, 5.74) is 0. The summed E-state index contributed by atoms with van der Waals surface area (Å²) < 4.78 is 88.3. The number of carbonyl (C=O) groups is 2. The molecule has 0 atom stereocenters. The molecule has 28 nitrogen and oxygen atoms in total. The first-order valence-electron chi connectivity index (χ1n) is 8.86. The minimum Gasteiger partial charge on any atom is -0.790 e. The van der Waals surface area contributed by atoms with Crippen molar-refractivity contribution in [3.05, 3.63) is 0 Å². The molecule has 50 heavy (non-hydrogen) atoms. The Morgan fingerprint density at radius 2 is 0.400 bits per heavy atom. The minimum atomic E-state index is -6.68. The third kappa shape index (κ3) is 37.4. The van der Waals surface area contributed by atoms with Crippen LogP contribution in [0.3, 0.4) is 0 Å². The summed E-state index contributed by atoms with van der Waals surface area (Å²) in [5.74, 6) is -4.37. The van der Waals surface area contributed by atoms with E-state index < -0.39 is 95.5 Å². The number of phosphoric acid groups is 6. The number of aliphatic carboxylic acids is 2. The van der Waals surface area contributed by atoms with Gasteiger partial charge in [0.25, 0.3) is 0 Å². The SMILES string of the molecule is O=C([O-])C(=O)[O-].O=P([O-])([O-])O[C@H]1[C@H](OP(=O)([O-])[O-])[C@@H](OP(=O)([O-])[O-])[C@H](OP(=O)([O-])[O-])[C@@H](OP(=O)([O-])[O-])[C@H]1OP(=O)([O-])[O-].[Na+].[Na+].[Sn+2].[Sn+2].[Sn+2].[Sn+2].[Sn+2].[Sn+2]. The second kappa shape index (κ2) is 31.3. The van der Waals surface area contributed by atoms with Crippen LogP contribution in [0.2, 0.25) is 0 Å². The van der Waals surface area contributed by atoms with E-state index >= 15 is 0 Å². The molecule has 0 saturated heterocycles. The van der Waals surface area contributed by atoms with Gasteiger partial charge in [0.2, 0.25) is 0 Å². The summed E-state index contributed by atoms with van der Waals surface area (Å²) in [7, 11) is -40.1. The Morgan fingerprint density at radius 1 is 0.320 bits per heavy atom. The van der Waals surface area contributed by atoms with Crippen LogP contribution in [0.4, 0.5) is 0 Å². The Kier molecular flexibility index (Phi) is 48.2. The normalized spacial score (nSPS) is 22.0. The second-order valence-electron chi connectivity index (χ2n) is 6.68. The van der Waals surface area contributed by atoms with Crippen molar-refractivity contribution < 1.29 is 192 Å². The van der Waals surface area contributed by atoms with Gasteiger partial charge in [0.1, 0.15) is 36.6 Å². The van der Waals surface area contributed by atoms with Crippen LogP contribution in [0.1, 0.15) is 0 Å². The van der Waals surface area contributed by atoms with E-state index in [0.717, 1.165) is 0 Å². The predicted octanol–water partition coefficient (Wildman–Crippen LogP) is -22.5. The quantitative estimate of drug-likeness (QED) is 0.0994. The van der Waals surface area contributed by atoms with E-state index in [2.05, 4.69) is 27.1 Å². The van der Waals surface area contributed by atoms with Crippen LogP contribution in [-0.4, -0.2) is 192 Å². The fourth-order valence-electron chi connectivity index (χ4n) is 2.74. The van der Waals surface area contributed by atoms with Crippen molar-refractivity contribution in [3.63, 3.8) is 0 Å². The van der Waals surface area contributed by atoms with E-state index in [1.165, 1.54) is 0 Å². The molecule has 0 unspecified atom stereocenters. The van der Waals surface area contributed by atoms with Gasteiger partial charge in [0.05, 0.1) is 58.9 Å². The smallest absolute Gasteiger partial charge is 0.790 e. The van der Waals surface area contributed by atoms with Gasteiger partial charge < -0.3 is 133 Å². The van der Waals surface area contributed by atoms with Crippen LogP contribution in [0, 0.1) is 0 Å². The van der Waals surface area contributed by atoms with Gasteiger partial charge >= 0.3 is 203 Å². The molecule has 0 heterocycles. The summed E-state index contributed by atoms with van der Waals surface area (Å²) in [6, 6.07) is 0. The largest absolute Gasteiger partial charge is 2.00 e. The van der Waals surface area contributed by atoms with Crippen molar-refractivity contribution in [1.29, 1.82) is 0 Å². The fraction of sp³-hybridized carbons (Fsp3) is 0.750. The molecule has 1 saturated carbocycles. The number of phosphoric ester groups is 6. The van der Waals surface area contributed by atoms with Crippen molar-refractivity contribution in [2.75, 3.05) is 0 Å². The molecule has 0 aromatic carbocycles. The molecule has 0 spiro atoms. The van der Waals surface area contributed by atoms with E-state index in [1.807, 2.05) is 0 Å². The molecule has 262 valence electrons. The van der Waals surface area contributed by atoms with Gasteiger partial charge in [-0.3, -0.25) is 0 Å². The van der Waals surface area contributed by atoms with Crippen LogP contribution >= 0.6 is 46.9 Å². The third-order valence-corrected chi connectivity index (χ3v) is 6.62. The van der Waals surface area contributed by atoms with Gasteiger partial charge in [-0.05, 0) is 0 Å². The summed E-state index contributed by atoms with van der Waals surface area (Å²) in [5, 5.41) is 17.9. The maximum absolute atomic E-state index is 11.1. The zero-order chi connectivity index (χ0) is 33.9. The molecule has 0 aromatic heterocycles. The Balaban J connectivity index is -0.000000157. The zero-order valence-electron chi connectivity index (χ0n) is 23.6. The summed E-state index contributed by atoms with van der Waals surface area (Å²) in [4.78, 5) is 151. The van der Waals surface area contributed by atoms with Crippen LogP contribution in [-0.2, 0) is 64.1 Å². The molecule has 1 aliphatic carbocycles. The molecule has 1 aliphatic rings. The monoisotopic (exact) mass is 1500 g/mol. The Morgan fingerprint density at radius 3 is 0.440 bits per heavy atom. The average molecular weight is 1490 g/mol. The first-order chi connectivity index (χ1) is 18.2. The molecule has 0 bridgehead atoms. The van der Waals surface area contributed by atoms with Gasteiger partial charge in [0, 0.05) is 0 Å². The summed E-state index contributed by atoms with van der Waals surface area (Å²) in [6.45, 7) is 0. The number of carboxylic acids is 2. The van der Waals surface area contributed by atoms with E-state index in [4.69, 9.17) is 19.8 Å². The van der Waals surface area contributed by atoms with Crippen molar-refractivity contribution in [2.24, 2.45) is 0 Å². The third-order valence-electron chi connectivity index (χ3n) is 3.61. The van der Waals surface area contributed by atoms with Crippen LogP contribution < -0.4 is 128 Å². The molecule has 0 N–H and O–H groups in total. The number of hydrogen-bond acceptors (Lipinski definition) is 28. The molecule has 12 radical (unpaired) electrons. The minimum absolute atomic E-state index is 0. The second-order valence-corrected chi connectivity index (χ2v) is 13.3. The molecule has 1 fully saturated rings. The standard InChI is InChI=1S/C6H18O24P6.C2H2O4.2Na.6Sn/c7-31(8,9)25-1-2(26-32(10,11)12)4(28-34(16,17)18)6(30-36(22,23)24)5(29-35(19,20)21)3(1)27-33(13,14)15;3-1(4)2(5)6;;;;;;;;/h1-6H,(H2,7,8,9)(H2,10,11,12)(H2,13,14,15)(H2,16,17,18)(H2,19,20,21)(H2,22,23,24);(H,3,4)(H,5,6);;;;;;;;/q;;2*+1;6*+2/p-14/t1-,2-,3-,4+,5-,6-;;;;;;;;;. The van der Waals surface area contributed by atoms with E-state index in [1.54, 1.807) is 0 Å². The number of rotatable bonds is 12. The Bertz CT molecular complexity index is 1030. The average Bonchev–Trinajstić information content (AvgIpc) is 2.65. The predicted molar refractivity (Wildman–Crippen MR) is 119 cm³/mol. The number of carbonyl (C=O) groups excluding carboxylic acids is 2. The fourth-order valence-corrected chi connectivity index (χ4v) is 5.96. The Labute approximate surface area is 424 Å². The zero-order valence-corrected chi connectivity index (χ0v) is 50.1. The van der Waals surface area contributed by atoms with Crippen LogP contribution in [0.15, 0.2) is 0 Å². The maximum Gasteiger partial charge on any atom is 2.00 e. The summed E-state index contributed by atoms with van der Waals surface area (Å²) in [6.07, 6.45) is -21.5. The Hall–Kier alpha value is 6.39. The molecule has 0 aromatic rings. The molecular weight excluding hydrogens is 1490 g/mol. The van der Waals surface area contributed by atoms with E-state index in [9.17, 15) is 86.1 Å². The van der Waals surface area contributed by atoms with Crippen LogP contribution in [0.25, 0.3) is 0 Å². The van der Waals surface area contributed by atoms with Crippen LogP contribution in [0.5, 0.6) is 0 Å². The maximum atomic E-state index is 11.1. The molecule has 0 aliphatic heterocycles. The van der Waals surface area contributed by atoms with Crippen molar-refractivity contribution >= 4 is 202 Å². The van der Waals surface area contributed by atoms with Gasteiger partial charge in [-0.1, -0.05) is 0 Å². The number of carboxylic acid groups (broad SMARTS) is 2. The van der Waals surface area contributed by atoms with Gasteiger partial charge in [0.15, 0.2) is 0 Å². The van der Waals surface area contributed by atoms with Gasteiger partial charge in [-0.15, -0.1) is 0 Å². The molecular formula is C8H6Na2O28P6Sn6. The molecule has 0 amide bonds. The van der Waals surface area contributed by atoms with Crippen molar-refractivity contribution in [1.82, 2.24) is 0 Å². The van der Waals surface area contributed by atoms with Gasteiger partial charge in [-0.2, -0.15) is 0 Å². The number of hydrogen-bond donors (Lipinski definition) is 0. The van der Waals surface area contributed by atoms with E-state index in [0.29, 0.717) is 0 Å². The van der Waals surface area contributed by atoms with Crippen molar-refractivity contribution in [2.45, 2.75) is 36.6 Å². The van der Waals surface area contributed by atoms with Gasteiger partial charge in [-0.25, -0.2) is 0 Å².